The molecule has 17 heavy (non-hydrogen) atoms. The summed E-state index contributed by atoms with van der Waals surface area (Å²) in [5.41, 5.74) is 0. The molecule has 1 unspecified atom stereocenters. The molecule has 0 spiro atoms. The summed E-state index contributed by atoms with van der Waals surface area (Å²) in [6.45, 7) is 10.2. The Balaban J connectivity index is 0.000000304. The van der Waals surface area contributed by atoms with E-state index in [1.165, 1.54) is 32.1 Å². The van der Waals surface area contributed by atoms with Gasteiger partial charge < -0.3 is 9.47 Å². The molecule has 0 aromatic rings. The number of epoxide rings is 1. The predicted molar refractivity (Wildman–Crippen MR) is 69.9 cm³/mol. The largest absolute Gasteiger partial charge is 0.460 e. The van der Waals surface area contributed by atoms with E-state index in [4.69, 9.17) is 4.74 Å². The first-order valence-electron chi connectivity index (χ1n) is 6.26. The van der Waals surface area contributed by atoms with Gasteiger partial charge in [-0.3, -0.25) is 0 Å². The second-order valence-electron chi connectivity index (χ2n) is 3.93. The van der Waals surface area contributed by atoms with Crippen molar-refractivity contribution in [2.24, 2.45) is 0 Å². The van der Waals surface area contributed by atoms with Crippen LogP contribution >= 0.6 is 0 Å². The minimum atomic E-state index is -0.384. The van der Waals surface area contributed by atoms with E-state index < -0.39 is 0 Å². The molecule has 0 bridgehead atoms. The molecular weight excluding hydrogens is 216 g/mol. The smallest absolute Gasteiger partial charge is 0.330 e. The highest BCUT2D eigenvalue weighted by Gasteiger charge is 2.23. The molecule has 1 saturated heterocycles. The fraction of sp³-hybridized carbons (Fsp3) is 0.643. The number of carbonyl (C=O) groups is 1. The Bertz CT molecular complexity index is 220. The maximum absolute atomic E-state index is 10.3. The highest BCUT2D eigenvalue weighted by molar-refractivity contribution is 5.81. The SMILES string of the molecule is C=CC(=O)OCC1CO1.C=CCCCCCC. The average molecular weight is 240 g/mol. The van der Waals surface area contributed by atoms with Crippen LogP contribution in [0, 0.1) is 0 Å². The van der Waals surface area contributed by atoms with Gasteiger partial charge in [0.1, 0.15) is 12.7 Å². The maximum atomic E-state index is 10.3. The zero-order valence-corrected chi connectivity index (χ0v) is 10.8. The van der Waals surface area contributed by atoms with Crippen LogP contribution in [0.4, 0.5) is 0 Å². The van der Waals surface area contributed by atoms with Crippen molar-refractivity contribution in [3.8, 4) is 0 Å². The van der Waals surface area contributed by atoms with Crippen LogP contribution in [0.2, 0.25) is 0 Å². The van der Waals surface area contributed by atoms with Crippen molar-refractivity contribution in [1.29, 1.82) is 0 Å². The number of rotatable bonds is 8. The molecule has 98 valence electrons. The van der Waals surface area contributed by atoms with E-state index >= 15 is 0 Å². The summed E-state index contributed by atoms with van der Waals surface area (Å²) >= 11 is 0. The van der Waals surface area contributed by atoms with Crippen LogP contribution in [-0.4, -0.2) is 25.3 Å². The number of carbonyl (C=O) groups excluding carboxylic acids is 1. The van der Waals surface area contributed by atoms with Crippen molar-refractivity contribution >= 4 is 5.97 Å². The fourth-order valence-corrected chi connectivity index (χ4v) is 1.11. The second kappa shape index (κ2) is 11.4. The first-order chi connectivity index (χ1) is 8.24. The van der Waals surface area contributed by atoms with Gasteiger partial charge in [0.15, 0.2) is 0 Å². The minimum absolute atomic E-state index is 0.147. The maximum Gasteiger partial charge on any atom is 0.330 e. The molecule has 0 aromatic heterocycles. The zero-order valence-electron chi connectivity index (χ0n) is 10.8. The Labute approximate surface area is 104 Å². The van der Waals surface area contributed by atoms with E-state index in [1.807, 2.05) is 6.08 Å². The molecule has 0 N–H and O–H groups in total. The van der Waals surface area contributed by atoms with E-state index in [0.717, 1.165) is 6.08 Å². The van der Waals surface area contributed by atoms with E-state index in [2.05, 4.69) is 24.8 Å². The van der Waals surface area contributed by atoms with Gasteiger partial charge in [0.05, 0.1) is 6.61 Å². The lowest BCUT2D eigenvalue weighted by atomic mass is 10.2. The van der Waals surface area contributed by atoms with Gasteiger partial charge in [-0.15, -0.1) is 6.58 Å². The summed E-state index contributed by atoms with van der Waals surface area (Å²) in [7, 11) is 0. The van der Waals surface area contributed by atoms with E-state index in [0.29, 0.717) is 13.2 Å². The van der Waals surface area contributed by atoms with Crippen molar-refractivity contribution < 1.29 is 14.3 Å². The average Bonchev–Trinajstić information content (AvgIpc) is 3.16. The Kier molecular flexibility index (Phi) is 10.7. The standard InChI is InChI=1S/C8H16.C6H8O3/c1-3-5-7-8-6-4-2;1-2-6(7)9-4-5-3-8-5/h3H,1,4-8H2,2H3;2,5H,1,3-4H2. The third-order valence-corrected chi connectivity index (χ3v) is 2.24. The van der Waals surface area contributed by atoms with Gasteiger partial charge in [0, 0.05) is 6.08 Å². The Morgan fingerprint density at radius 1 is 1.41 bits per heavy atom. The molecule has 1 rings (SSSR count). The van der Waals surface area contributed by atoms with Gasteiger partial charge in [0.2, 0.25) is 0 Å². The number of ether oxygens (including phenoxy) is 2. The predicted octanol–water partition coefficient (Wildman–Crippen LogP) is 3.26. The number of hydrogen-bond acceptors (Lipinski definition) is 3. The van der Waals surface area contributed by atoms with Gasteiger partial charge >= 0.3 is 5.97 Å². The normalized spacial score (nSPS) is 16.4. The highest BCUT2D eigenvalue weighted by atomic mass is 16.6. The van der Waals surface area contributed by atoms with Crippen molar-refractivity contribution in [3.05, 3.63) is 25.3 Å². The first kappa shape index (κ1) is 15.9. The van der Waals surface area contributed by atoms with Crippen LogP contribution in [0.15, 0.2) is 25.3 Å². The van der Waals surface area contributed by atoms with Crippen molar-refractivity contribution in [3.63, 3.8) is 0 Å². The first-order valence-corrected chi connectivity index (χ1v) is 6.26. The third-order valence-electron chi connectivity index (χ3n) is 2.24. The van der Waals surface area contributed by atoms with Crippen LogP contribution in [0.5, 0.6) is 0 Å². The summed E-state index contributed by atoms with van der Waals surface area (Å²) in [5.74, 6) is -0.384. The number of allylic oxidation sites excluding steroid dienone is 1. The minimum Gasteiger partial charge on any atom is -0.460 e. The molecule has 0 saturated carbocycles. The van der Waals surface area contributed by atoms with E-state index in [-0.39, 0.29) is 12.1 Å². The lowest BCUT2D eigenvalue weighted by Gasteiger charge is -1.94. The van der Waals surface area contributed by atoms with Crippen LogP contribution in [0.3, 0.4) is 0 Å². The van der Waals surface area contributed by atoms with Gasteiger partial charge in [-0.25, -0.2) is 4.79 Å². The molecule has 0 aliphatic carbocycles. The van der Waals surface area contributed by atoms with Crippen molar-refractivity contribution in [1.82, 2.24) is 0 Å². The Morgan fingerprint density at radius 3 is 2.59 bits per heavy atom. The quantitative estimate of drug-likeness (QED) is 0.215. The number of unbranched alkanes of at least 4 members (excludes halogenated alkanes) is 4. The summed E-state index contributed by atoms with van der Waals surface area (Å²) in [4.78, 5) is 10.3. The molecule has 1 aliphatic rings. The zero-order chi connectivity index (χ0) is 12.9. The molecule has 1 heterocycles. The van der Waals surface area contributed by atoms with Crippen molar-refractivity contribution in [2.45, 2.75) is 45.1 Å². The summed E-state index contributed by atoms with van der Waals surface area (Å²) in [5, 5.41) is 0. The van der Waals surface area contributed by atoms with Gasteiger partial charge in [-0.1, -0.05) is 38.8 Å². The fourth-order valence-electron chi connectivity index (χ4n) is 1.11. The molecule has 3 nitrogen and oxygen atoms in total. The Hall–Kier alpha value is -1.09. The Morgan fingerprint density at radius 2 is 2.12 bits per heavy atom. The third kappa shape index (κ3) is 12.8. The lowest BCUT2D eigenvalue weighted by Crippen LogP contribution is -2.06. The topological polar surface area (TPSA) is 38.8 Å². The summed E-state index contributed by atoms with van der Waals surface area (Å²) < 4.78 is 9.42. The van der Waals surface area contributed by atoms with Crippen LogP contribution in [0.1, 0.15) is 39.0 Å². The van der Waals surface area contributed by atoms with E-state index in [9.17, 15) is 4.79 Å². The molecule has 1 fully saturated rings. The van der Waals surface area contributed by atoms with Gasteiger partial charge in [-0.05, 0) is 12.8 Å². The molecule has 1 atom stereocenters. The molecule has 3 heteroatoms. The molecular formula is C14H24O3. The van der Waals surface area contributed by atoms with Crippen LogP contribution in [0.25, 0.3) is 0 Å². The van der Waals surface area contributed by atoms with Crippen LogP contribution in [-0.2, 0) is 14.3 Å². The highest BCUT2D eigenvalue weighted by Crippen LogP contribution is 2.08. The summed E-state index contributed by atoms with van der Waals surface area (Å²) in [6, 6.07) is 0. The van der Waals surface area contributed by atoms with Gasteiger partial charge in [-0.2, -0.15) is 0 Å². The van der Waals surface area contributed by atoms with Gasteiger partial charge in [0.25, 0.3) is 0 Å². The second-order valence-corrected chi connectivity index (χ2v) is 3.93. The number of hydrogen-bond donors (Lipinski definition) is 0. The van der Waals surface area contributed by atoms with Crippen LogP contribution < -0.4 is 0 Å². The number of esters is 1. The van der Waals surface area contributed by atoms with Crippen molar-refractivity contribution in [2.75, 3.05) is 13.2 Å². The molecule has 0 amide bonds. The molecule has 0 aromatic carbocycles. The van der Waals surface area contributed by atoms with E-state index in [1.54, 1.807) is 0 Å². The molecule has 0 radical (unpaired) electrons. The summed E-state index contributed by atoms with van der Waals surface area (Å²) in [6.07, 6.45) is 9.90. The monoisotopic (exact) mass is 240 g/mol. The molecule has 1 aliphatic heterocycles. The lowest BCUT2D eigenvalue weighted by molar-refractivity contribution is -0.138.